The van der Waals surface area contributed by atoms with E-state index in [0.29, 0.717) is 25.5 Å². The predicted octanol–water partition coefficient (Wildman–Crippen LogP) is -0.0421. The molecule has 9 nitrogen and oxygen atoms in total. The number of carbonyl (C=O) groups is 1. The lowest BCUT2D eigenvalue weighted by molar-refractivity contribution is 0.193. The molecule has 1 aliphatic heterocycles. The van der Waals surface area contributed by atoms with Gasteiger partial charge in [-0.2, -0.15) is 5.10 Å². The van der Waals surface area contributed by atoms with Crippen molar-refractivity contribution in [1.29, 1.82) is 0 Å². The molecule has 134 valence electrons. The van der Waals surface area contributed by atoms with Gasteiger partial charge in [-0.05, 0) is 12.1 Å². The van der Waals surface area contributed by atoms with E-state index in [1.54, 1.807) is 4.68 Å². The summed E-state index contributed by atoms with van der Waals surface area (Å²) in [6.07, 6.45) is 2.63. The molecule has 1 aromatic carbocycles. The van der Waals surface area contributed by atoms with Gasteiger partial charge in [-0.1, -0.05) is 18.2 Å². The first kappa shape index (κ1) is 17.4. The highest BCUT2D eigenvalue weighted by molar-refractivity contribution is 7.88. The molecule has 0 spiro atoms. The van der Waals surface area contributed by atoms with Crippen LogP contribution in [0.3, 0.4) is 0 Å². The van der Waals surface area contributed by atoms with Gasteiger partial charge in [-0.15, -0.1) is 0 Å². The Hall–Kier alpha value is -2.46. The van der Waals surface area contributed by atoms with Crippen LogP contribution >= 0.6 is 0 Å². The average molecular weight is 364 g/mol. The highest BCUT2D eigenvalue weighted by Crippen LogP contribution is 2.17. The number of aromatic nitrogens is 3. The largest absolute Gasteiger partial charge is 0.338 e. The molecular formula is C15H20N6O3S. The number of amides is 2. The summed E-state index contributed by atoms with van der Waals surface area (Å²) < 4.78 is 25.6. The molecule has 25 heavy (non-hydrogen) atoms. The lowest BCUT2D eigenvalue weighted by atomic mass is 10.0. The fourth-order valence-electron chi connectivity index (χ4n) is 2.55. The van der Waals surface area contributed by atoms with E-state index in [9.17, 15) is 13.2 Å². The van der Waals surface area contributed by atoms with Crippen LogP contribution in [-0.2, 0) is 16.6 Å². The third-order valence-electron chi connectivity index (χ3n) is 3.97. The molecule has 0 radical (unpaired) electrons. The summed E-state index contributed by atoms with van der Waals surface area (Å²) in [5, 5.41) is 9.65. The molecular weight excluding hydrogens is 344 g/mol. The van der Waals surface area contributed by atoms with Crippen LogP contribution < -0.4 is 10.6 Å². The van der Waals surface area contributed by atoms with E-state index in [4.69, 9.17) is 0 Å². The van der Waals surface area contributed by atoms with E-state index in [1.165, 1.54) is 16.9 Å². The zero-order valence-electron chi connectivity index (χ0n) is 13.8. The van der Waals surface area contributed by atoms with E-state index >= 15 is 0 Å². The predicted molar refractivity (Wildman–Crippen MR) is 91.5 cm³/mol. The maximum absolute atomic E-state index is 11.9. The molecule has 2 N–H and O–H groups in total. The zero-order chi connectivity index (χ0) is 17.9. The van der Waals surface area contributed by atoms with Crippen molar-refractivity contribution >= 4 is 16.1 Å². The summed E-state index contributed by atoms with van der Waals surface area (Å²) in [4.78, 5) is 16.1. The second-order valence-electron chi connectivity index (χ2n) is 5.93. The van der Waals surface area contributed by atoms with Crippen LogP contribution in [0.25, 0.3) is 5.69 Å². The van der Waals surface area contributed by atoms with E-state index < -0.39 is 10.0 Å². The third kappa shape index (κ3) is 4.34. The van der Waals surface area contributed by atoms with Crippen LogP contribution in [0.2, 0.25) is 0 Å². The van der Waals surface area contributed by atoms with Crippen LogP contribution in [0, 0.1) is 5.92 Å². The SMILES string of the molecule is CS(=O)(=O)N1CC(CNC(=O)NCc2ncnn2-c2ccccc2)C1. The minimum Gasteiger partial charge on any atom is -0.338 e. The highest BCUT2D eigenvalue weighted by atomic mass is 32.2. The Morgan fingerprint density at radius 3 is 2.64 bits per heavy atom. The first-order valence-electron chi connectivity index (χ1n) is 7.84. The molecule has 0 saturated carbocycles. The molecule has 1 aromatic heterocycles. The number of hydrogen-bond acceptors (Lipinski definition) is 5. The van der Waals surface area contributed by atoms with Crippen LogP contribution in [0.4, 0.5) is 4.79 Å². The summed E-state index contributed by atoms with van der Waals surface area (Å²) in [6, 6.07) is 9.21. The number of carbonyl (C=O) groups excluding carboxylic acids is 1. The first-order chi connectivity index (χ1) is 11.9. The molecule has 1 aliphatic rings. The standard InChI is InChI=1S/C15H20N6O3S/c1-25(23,24)20-9-12(10-20)7-16-15(22)17-8-14-18-11-19-21(14)13-5-3-2-4-6-13/h2-6,11-12H,7-10H2,1H3,(H2,16,17,22). The lowest BCUT2D eigenvalue weighted by Gasteiger charge is -2.37. The number of benzene rings is 1. The van der Waals surface area contributed by atoms with E-state index in [0.717, 1.165) is 5.69 Å². The second-order valence-corrected chi connectivity index (χ2v) is 7.92. The topological polar surface area (TPSA) is 109 Å². The van der Waals surface area contributed by atoms with Crippen LogP contribution in [-0.4, -0.2) is 59.4 Å². The molecule has 0 bridgehead atoms. The smallest absolute Gasteiger partial charge is 0.315 e. The van der Waals surface area contributed by atoms with Gasteiger partial charge >= 0.3 is 6.03 Å². The van der Waals surface area contributed by atoms with E-state index in [1.807, 2.05) is 30.3 Å². The number of urea groups is 1. The fraction of sp³-hybridized carbons (Fsp3) is 0.400. The Morgan fingerprint density at radius 1 is 1.24 bits per heavy atom. The van der Waals surface area contributed by atoms with Gasteiger partial charge in [0.15, 0.2) is 5.82 Å². The fourth-order valence-corrected chi connectivity index (χ4v) is 3.52. The Bertz CT molecular complexity index is 830. The van der Waals surface area contributed by atoms with Crippen LogP contribution in [0.15, 0.2) is 36.7 Å². The van der Waals surface area contributed by atoms with Gasteiger partial charge in [-0.3, -0.25) is 0 Å². The third-order valence-corrected chi connectivity index (χ3v) is 5.21. The van der Waals surface area contributed by atoms with Crippen molar-refractivity contribution in [1.82, 2.24) is 29.7 Å². The molecule has 0 unspecified atom stereocenters. The Morgan fingerprint density at radius 2 is 1.96 bits per heavy atom. The van der Waals surface area contributed by atoms with Crippen LogP contribution in [0.5, 0.6) is 0 Å². The minimum absolute atomic E-state index is 0.147. The first-order valence-corrected chi connectivity index (χ1v) is 9.69. The van der Waals surface area contributed by atoms with Gasteiger partial charge in [0.2, 0.25) is 10.0 Å². The summed E-state index contributed by atoms with van der Waals surface area (Å²) >= 11 is 0. The minimum atomic E-state index is -3.12. The van der Waals surface area contributed by atoms with Crippen LogP contribution in [0.1, 0.15) is 5.82 Å². The highest BCUT2D eigenvalue weighted by Gasteiger charge is 2.32. The summed E-state index contributed by atoms with van der Waals surface area (Å²) in [5.41, 5.74) is 0.868. The van der Waals surface area contributed by atoms with Crippen molar-refractivity contribution in [3.8, 4) is 5.69 Å². The van der Waals surface area contributed by atoms with Crippen molar-refractivity contribution in [2.24, 2.45) is 5.92 Å². The van der Waals surface area contributed by atoms with Gasteiger partial charge in [0, 0.05) is 25.6 Å². The van der Waals surface area contributed by atoms with Gasteiger partial charge in [0.05, 0.1) is 18.5 Å². The second kappa shape index (κ2) is 7.19. The quantitative estimate of drug-likeness (QED) is 0.747. The molecule has 10 heteroatoms. The number of para-hydroxylation sites is 1. The number of rotatable bonds is 6. The van der Waals surface area contributed by atoms with Crippen molar-refractivity contribution in [3.05, 3.63) is 42.5 Å². The average Bonchev–Trinajstić information content (AvgIpc) is 2.99. The number of nitrogens with one attached hydrogen (secondary N) is 2. The monoisotopic (exact) mass is 364 g/mol. The van der Waals surface area contributed by atoms with Gasteiger partial charge in [-0.25, -0.2) is 27.2 Å². The number of nitrogens with zero attached hydrogens (tertiary/aromatic N) is 4. The van der Waals surface area contributed by atoms with Crippen molar-refractivity contribution in [2.45, 2.75) is 6.54 Å². The molecule has 0 atom stereocenters. The van der Waals surface area contributed by atoms with Gasteiger partial charge < -0.3 is 10.6 Å². The molecule has 1 saturated heterocycles. The van der Waals surface area contributed by atoms with Gasteiger partial charge in [0.1, 0.15) is 6.33 Å². The number of hydrogen-bond donors (Lipinski definition) is 2. The lowest BCUT2D eigenvalue weighted by Crippen LogP contribution is -2.54. The normalized spacial score (nSPS) is 15.6. The molecule has 2 heterocycles. The van der Waals surface area contributed by atoms with E-state index in [-0.39, 0.29) is 18.5 Å². The van der Waals surface area contributed by atoms with Crippen molar-refractivity contribution in [3.63, 3.8) is 0 Å². The van der Waals surface area contributed by atoms with E-state index in [2.05, 4.69) is 20.7 Å². The zero-order valence-corrected chi connectivity index (χ0v) is 14.6. The van der Waals surface area contributed by atoms with Crippen molar-refractivity contribution in [2.75, 3.05) is 25.9 Å². The summed E-state index contributed by atoms with van der Waals surface area (Å²) in [5.74, 6) is 0.765. The maximum Gasteiger partial charge on any atom is 0.315 e. The molecule has 0 aliphatic carbocycles. The molecule has 2 aromatic rings. The Labute approximate surface area is 146 Å². The van der Waals surface area contributed by atoms with Crippen molar-refractivity contribution < 1.29 is 13.2 Å². The summed E-state index contributed by atoms with van der Waals surface area (Å²) in [7, 11) is -3.12. The molecule has 3 rings (SSSR count). The summed E-state index contributed by atoms with van der Waals surface area (Å²) in [6.45, 7) is 1.56. The van der Waals surface area contributed by atoms with Gasteiger partial charge in [0.25, 0.3) is 0 Å². The Balaban J connectivity index is 1.44. The maximum atomic E-state index is 11.9. The molecule has 1 fully saturated rings. The Kier molecular flexibility index (Phi) is 5.00. The number of sulfonamides is 1. The molecule has 2 amide bonds.